The molecule has 0 radical (unpaired) electrons. The number of amides is 1. The standard InChI is InChI=1S/C19H23FN2O3/c20-15-6-8-16(9-7-15)25-14-19(23)21-13-17(18-5-4-12-24-18)22-10-2-1-3-11-22/h4-9,12,17H,1-3,10-11,13-14H2,(H,21,23)/t17-/m0/s1. The molecule has 1 aliphatic rings. The third-order valence-electron chi connectivity index (χ3n) is 4.38. The maximum Gasteiger partial charge on any atom is 0.258 e. The van der Waals surface area contributed by atoms with Gasteiger partial charge in [-0.2, -0.15) is 0 Å². The van der Waals surface area contributed by atoms with Crippen molar-refractivity contribution in [2.45, 2.75) is 25.3 Å². The van der Waals surface area contributed by atoms with E-state index in [1.807, 2.05) is 12.1 Å². The average molecular weight is 346 g/mol. The van der Waals surface area contributed by atoms with Gasteiger partial charge in [0, 0.05) is 6.54 Å². The maximum absolute atomic E-state index is 12.9. The van der Waals surface area contributed by atoms with E-state index < -0.39 is 0 Å². The second kappa shape index (κ2) is 8.67. The van der Waals surface area contributed by atoms with Gasteiger partial charge in [0.1, 0.15) is 17.3 Å². The van der Waals surface area contributed by atoms with Crippen LogP contribution in [0, 0.1) is 5.82 Å². The van der Waals surface area contributed by atoms with Gasteiger partial charge in [0.05, 0.1) is 12.3 Å². The SMILES string of the molecule is O=C(COc1ccc(F)cc1)NC[C@@H](c1ccco1)N1CCCCC1. The molecule has 1 fully saturated rings. The molecule has 1 atom stereocenters. The summed E-state index contributed by atoms with van der Waals surface area (Å²) in [5.74, 6) is 0.786. The lowest BCUT2D eigenvalue weighted by Gasteiger charge is -2.33. The molecule has 2 heterocycles. The largest absolute Gasteiger partial charge is 0.484 e. The van der Waals surface area contributed by atoms with Gasteiger partial charge < -0.3 is 14.5 Å². The van der Waals surface area contributed by atoms with Gasteiger partial charge in [-0.15, -0.1) is 0 Å². The molecule has 1 aromatic heterocycles. The third kappa shape index (κ3) is 5.06. The number of likely N-dealkylation sites (tertiary alicyclic amines) is 1. The van der Waals surface area contributed by atoms with Crippen molar-refractivity contribution in [1.29, 1.82) is 0 Å². The van der Waals surface area contributed by atoms with E-state index in [0.717, 1.165) is 18.8 Å². The fourth-order valence-corrected chi connectivity index (χ4v) is 3.06. The lowest BCUT2D eigenvalue weighted by atomic mass is 10.1. The van der Waals surface area contributed by atoms with E-state index in [9.17, 15) is 9.18 Å². The van der Waals surface area contributed by atoms with E-state index in [-0.39, 0.29) is 24.4 Å². The van der Waals surface area contributed by atoms with E-state index in [1.165, 1.54) is 43.5 Å². The molecule has 0 bridgehead atoms. The Hall–Kier alpha value is -2.34. The lowest BCUT2D eigenvalue weighted by Crippen LogP contribution is -2.41. The Balaban J connectivity index is 1.51. The number of nitrogens with one attached hydrogen (secondary N) is 1. The van der Waals surface area contributed by atoms with Crippen molar-refractivity contribution in [3.05, 3.63) is 54.2 Å². The summed E-state index contributed by atoms with van der Waals surface area (Å²) in [6.07, 6.45) is 5.24. The Bertz CT molecular complexity index is 652. The zero-order chi connectivity index (χ0) is 17.5. The summed E-state index contributed by atoms with van der Waals surface area (Å²) in [6.45, 7) is 2.39. The molecule has 0 spiro atoms. The molecule has 0 aliphatic carbocycles. The minimum atomic E-state index is -0.334. The number of nitrogens with zero attached hydrogens (tertiary/aromatic N) is 1. The molecule has 25 heavy (non-hydrogen) atoms. The summed E-state index contributed by atoms with van der Waals surface area (Å²) in [7, 11) is 0. The number of benzene rings is 1. The van der Waals surface area contributed by atoms with E-state index >= 15 is 0 Å². The fourth-order valence-electron chi connectivity index (χ4n) is 3.06. The zero-order valence-corrected chi connectivity index (χ0v) is 14.1. The van der Waals surface area contributed by atoms with Crippen LogP contribution in [-0.4, -0.2) is 37.0 Å². The number of carbonyl (C=O) groups is 1. The second-order valence-electron chi connectivity index (χ2n) is 6.17. The number of hydrogen-bond donors (Lipinski definition) is 1. The molecule has 5 nitrogen and oxygen atoms in total. The minimum Gasteiger partial charge on any atom is -0.484 e. The van der Waals surface area contributed by atoms with Gasteiger partial charge in [0.2, 0.25) is 0 Å². The van der Waals surface area contributed by atoms with Crippen molar-refractivity contribution in [3.63, 3.8) is 0 Å². The van der Waals surface area contributed by atoms with Crippen molar-refractivity contribution in [1.82, 2.24) is 10.2 Å². The van der Waals surface area contributed by atoms with Gasteiger partial charge in [-0.25, -0.2) is 4.39 Å². The van der Waals surface area contributed by atoms with Gasteiger partial charge in [0.15, 0.2) is 6.61 Å². The van der Waals surface area contributed by atoms with Crippen molar-refractivity contribution < 1.29 is 18.3 Å². The average Bonchev–Trinajstić information content (AvgIpc) is 3.17. The van der Waals surface area contributed by atoms with Crippen LogP contribution in [0.15, 0.2) is 47.1 Å². The number of rotatable bonds is 7. The first-order valence-electron chi connectivity index (χ1n) is 8.65. The van der Waals surface area contributed by atoms with Crippen LogP contribution in [0.25, 0.3) is 0 Å². The quantitative estimate of drug-likeness (QED) is 0.837. The van der Waals surface area contributed by atoms with E-state index in [4.69, 9.17) is 9.15 Å². The van der Waals surface area contributed by atoms with Gasteiger partial charge in [-0.1, -0.05) is 6.42 Å². The molecule has 6 heteroatoms. The monoisotopic (exact) mass is 346 g/mol. The minimum absolute atomic E-state index is 0.0325. The molecule has 0 unspecified atom stereocenters. The molecule has 1 saturated heterocycles. The highest BCUT2D eigenvalue weighted by molar-refractivity contribution is 5.77. The Kier molecular flexibility index (Phi) is 6.06. The lowest BCUT2D eigenvalue weighted by molar-refractivity contribution is -0.123. The molecule has 2 aromatic rings. The Morgan fingerprint density at radius 1 is 1.20 bits per heavy atom. The number of piperidine rings is 1. The smallest absolute Gasteiger partial charge is 0.258 e. The maximum atomic E-state index is 12.9. The fraction of sp³-hybridized carbons (Fsp3) is 0.421. The van der Waals surface area contributed by atoms with Gasteiger partial charge >= 0.3 is 0 Å². The van der Waals surface area contributed by atoms with Crippen LogP contribution in [0.3, 0.4) is 0 Å². The molecule has 1 aliphatic heterocycles. The van der Waals surface area contributed by atoms with Crippen LogP contribution in [0.5, 0.6) is 5.75 Å². The van der Waals surface area contributed by atoms with Gasteiger partial charge in [-0.3, -0.25) is 9.69 Å². The van der Waals surface area contributed by atoms with Crippen LogP contribution in [0.2, 0.25) is 0 Å². The summed E-state index contributed by atoms with van der Waals surface area (Å²) in [4.78, 5) is 14.4. The van der Waals surface area contributed by atoms with Crippen molar-refractivity contribution >= 4 is 5.91 Å². The van der Waals surface area contributed by atoms with Crippen LogP contribution in [0.4, 0.5) is 4.39 Å². The summed E-state index contributed by atoms with van der Waals surface area (Å²) in [5, 5.41) is 2.91. The topological polar surface area (TPSA) is 54.7 Å². The molecule has 0 saturated carbocycles. The number of halogens is 1. The van der Waals surface area contributed by atoms with Crippen LogP contribution >= 0.6 is 0 Å². The van der Waals surface area contributed by atoms with Gasteiger partial charge in [0.25, 0.3) is 5.91 Å². The van der Waals surface area contributed by atoms with E-state index in [0.29, 0.717) is 12.3 Å². The number of carbonyl (C=O) groups excluding carboxylic acids is 1. The molecule has 1 N–H and O–H groups in total. The van der Waals surface area contributed by atoms with Crippen molar-refractivity contribution in [2.75, 3.05) is 26.2 Å². The summed E-state index contributed by atoms with van der Waals surface area (Å²) in [5.41, 5.74) is 0. The van der Waals surface area contributed by atoms with E-state index in [2.05, 4.69) is 10.2 Å². The highest BCUT2D eigenvalue weighted by atomic mass is 19.1. The van der Waals surface area contributed by atoms with Crippen LogP contribution in [0.1, 0.15) is 31.1 Å². The Labute approximate surface area is 146 Å². The molecule has 1 aromatic carbocycles. The van der Waals surface area contributed by atoms with Crippen LogP contribution in [-0.2, 0) is 4.79 Å². The van der Waals surface area contributed by atoms with Crippen LogP contribution < -0.4 is 10.1 Å². The number of furan rings is 1. The summed E-state index contributed by atoms with van der Waals surface area (Å²) >= 11 is 0. The van der Waals surface area contributed by atoms with Crippen molar-refractivity contribution in [2.24, 2.45) is 0 Å². The third-order valence-corrected chi connectivity index (χ3v) is 4.38. The molecule has 134 valence electrons. The second-order valence-corrected chi connectivity index (χ2v) is 6.17. The predicted octanol–water partition coefficient (Wildman–Crippen LogP) is 3.14. The molecular weight excluding hydrogens is 323 g/mol. The predicted molar refractivity (Wildman–Crippen MR) is 91.8 cm³/mol. The molecule has 3 rings (SSSR count). The molecular formula is C19H23FN2O3. The summed E-state index contributed by atoms with van der Waals surface area (Å²) < 4.78 is 23.8. The number of ether oxygens (including phenoxy) is 1. The highest BCUT2D eigenvalue weighted by Gasteiger charge is 2.24. The van der Waals surface area contributed by atoms with Gasteiger partial charge in [-0.05, 0) is 62.3 Å². The highest BCUT2D eigenvalue weighted by Crippen LogP contribution is 2.24. The van der Waals surface area contributed by atoms with Crippen molar-refractivity contribution in [3.8, 4) is 5.75 Å². The first-order chi connectivity index (χ1) is 12.2. The zero-order valence-electron chi connectivity index (χ0n) is 14.1. The normalized spacial score (nSPS) is 16.4. The Morgan fingerprint density at radius 2 is 1.96 bits per heavy atom. The number of hydrogen-bond acceptors (Lipinski definition) is 4. The van der Waals surface area contributed by atoms with E-state index in [1.54, 1.807) is 6.26 Å². The Morgan fingerprint density at radius 3 is 2.64 bits per heavy atom. The first-order valence-corrected chi connectivity index (χ1v) is 8.65. The molecule has 1 amide bonds. The summed E-state index contributed by atoms with van der Waals surface area (Å²) in [6, 6.07) is 9.45. The first kappa shape index (κ1) is 17.5.